The second-order valence-electron chi connectivity index (χ2n) is 4.21. The highest BCUT2D eigenvalue weighted by molar-refractivity contribution is 6.18. The Morgan fingerprint density at radius 1 is 1.31 bits per heavy atom. The summed E-state index contributed by atoms with van der Waals surface area (Å²) in [5.74, 6) is 0.682. The number of nitrogens with zero attached hydrogens (tertiary/aromatic N) is 2. The number of alkyl halides is 1. The van der Waals surface area contributed by atoms with E-state index in [0.29, 0.717) is 5.88 Å². The quantitative estimate of drug-likeness (QED) is 0.742. The van der Waals surface area contributed by atoms with Gasteiger partial charge in [-0.2, -0.15) is 0 Å². The Kier molecular flexibility index (Phi) is 3.52. The summed E-state index contributed by atoms with van der Waals surface area (Å²) in [4.78, 5) is 2.24. The van der Waals surface area contributed by atoms with E-state index >= 15 is 0 Å². The molecule has 0 aliphatic rings. The summed E-state index contributed by atoms with van der Waals surface area (Å²) in [7, 11) is 4.19. The van der Waals surface area contributed by atoms with E-state index in [1.807, 2.05) is 0 Å². The number of rotatable bonds is 4. The van der Waals surface area contributed by atoms with Gasteiger partial charge in [0.05, 0.1) is 0 Å². The Labute approximate surface area is 101 Å². The Hall–Kier alpha value is -0.990. The lowest BCUT2D eigenvalue weighted by Crippen LogP contribution is -2.19. The van der Waals surface area contributed by atoms with E-state index < -0.39 is 0 Å². The number of fused-ring (bicyclic) bond motifs is 1. The number of para-hydroxylation sites is 1. The van der Waals surface area contributed by atoms with Crippen LogP contribution in [0.15, 0.2) is 30.5 Å². The highest BCUT2D eigenvalue weighted by Gasteiger charge is 2.07. The molecular formula is C13H17ClN2. The standard InChI is InChI=1S/C13H17ClN2/c1-15(8-7-14)9-11-10-16(2)13-6-4-3-5-12(11)13/h3-6,10H,7-9H2,1-2H3. The zero-order chi connectivity index (χ0) is 11.5. The van der Waals surface area contributed by atoms with Crippen LogP contribution in [0.3, 0.4) is 0 Å². The summed E-state index contributed by atoms with van der Waals surface area (Å²) in [5.41, 5.74) is 2.66. The van der Waals surface area contributed by atoms with Gasteiger partial charge in [-0.15, -0.1) is 11.6 Å². The van der Waals surface area contributed by atoms with Gasteiger partial charge in [0.1, 0.15) is 0 Å². The first-order chi connectivity index (χ1) is 7.72. The third kappa shape index (κ3) is 2.23. The molecule has 0 amide bonds. The monoisotopic (exact) mass is 236 g/mol. The minimum absolute atomic E-state index is 0.682. The molecule has 3 heteroatoms. The van der Waals surface area contributed by atoms with Gasteiger partial charge < -0.3 is 9.47 Å². The number of benzene rings is 1. The van der Waals surface area contributed by atoms with Crippen molar-refractivity contribution in [1.82, 2.24) is 9.47 Å². The van der Waals surface area contributed by atoms with Gasteiger partial charge >= 0.3 is 0 Å². The molecule has 1 heterocycles. The van der Waals surface area contributed by atoms with Gasteiger partial charge in [-0.1, -0.05) is 18.2 Å². The van der Waals surface area contributed by atoms with Crippen molar-refractivity contribution in [2.75, 3.05) is 19.5 Å². The van der Waals surface area contributed by atoms with Crippen LogP contribution >= 0.6 is 11.6 Å². The second-order valence-corrected chi connectivity index (χ2v) is 4.59. The van der Waals surface area contributed by atoms with Crippen molar-refractivity contribution in [3.8, 4) is 0 Å². The first kappa shape index (κ1) is 11.5. The lowest BCUT2D eigenvalue weighted by atomic mass is 10.2. The first-order valence-corrected chi connectivity index (χ1v) is 6.03. The lowest BCUT2D eigenvalue weighted by Gasteiger charge is -2.13. The zero-order valence-electron chi connectivity index (χ0n) is 9.78. The molecule has 0 spiro atoms. The number of aryl methyl sites for hydroxylation is 1. The summed E-state index contributed by atoms with van der Waals surface area (Å²) in [6.45, 7) is 1.87. The summed E-state index contributed by atoms with van der Waals surface area (Å²) < 4.78 is 2.18. The highest BCUT2D eigenvalue weighted by atomic mass is 35.5. The van der Waals surface area contributed by atoms with E-state index in [1.165, 1.54) is 16.5 Å². The fourth-order valence-corrected chi connectivity index (χ4v) is 2.35. The van der Waals surface area contributed by atoms with E-state index in [9.17, 15) is 0 Å². The van der Waals surface area contributed by atoms with Crippen LogP contribution in [0, 0.1) is 0 Å². The van der Waals surface area contributed by atoms with Gasteiger partial charge in [0, 0.05) is 43.1 Å². The third-order valence-electron chi connectivity index (χ3n) is 2.89. The summed E-state index contributed by atoms with van der Waals surface area (Å²) in [6.07, 6.45) is 2.20. The molecule has 0 saturated heterocycles. The van der Waals surface area contributed by atoms with Gasteiger partial charge in [0.25, 0.3) is 0 Å². The highest BCUT2D eigenvalue weighted by Crippen LogP contribution is 2.21. The molecule has 1 aromatic heterocycles. The second kappa shape index (κ2) is 4.89. The number of hydrogen-bond acceptors (Lipinski definition) is 1. The molecule has 0 bridgehead atoms. The lowest BCUT2D eigenvalue weighted by molar-refractivity contribution is 0.349. The van der Waals surface area contributed by atoms with Crippen LogP contribution in [0.2, 0.25) is 0 Å². The van der Waals surface area contributed by atoms with Crippen molar-refractivity contribution in [3.63, 3.8) is 0 Å². The van der Waals surface area contributed by atoms with E-state index in [0.717, 1.165) is 13.1 Å². The molecule has 16 heavy (non-hydrogen) atoms. The van der Waals surface area contributed by atoms with E-state index in [4.69, 9.17) is 11.6 Å². The molecule has 0 radical (unpaired) electrons. The predicted molar refractivity (Wildman–Crippen MR) is 70.0 cm³/mol. The minimum Gasteiger partial charge on any atom is -0.350 e. The van der Waals surface area contributed by atoms with Gasteiger partial charge in [0.2, 0.25) is 0 Å². The molecule has 0 aliphatic carbocycles. The minimum atomic E-state index is 0.682. The van der Waals surface area contributed by atoms with Crippen LogP contribution in [0.4, 0.5) is 0 Å². The molecule has 2 aromatic rings. The SMILES string of the molecule is CN(CCCl)Cc1cn(C)c2ccccc12. The number of hydrogen-bond donors (Lipinski definition) is 0. The van der Waals surface area contributed by atoms with Crippen LogP contribution in [-0.2, 0) is 13.6 Å². The molecule has 0 unspecified atom stereocenters. The topological polar surface area (TPSA) is 8.17 Å². The molecule has 86 valence electrons. The third-order valence-corrected chi connectivity index (χ3v) is 3.06. The molecular weight excluding hydrogens is 220 g/mol. The summed E-state index contributed by atoms with van der Waals surface area (Å²) >= 11 is 5.74. The smallest absolute Gasteiger partial charge is 0.0481 e. The van der Waals surface area contributed by atoms with Crippen LogP contribution in [-0.4, -0.2) is 28.9 Å². The molecule has 2 rings (SSSR count). The van der Waals surface area contributed by atoms with Crippen molar-refractivity contribution in [2.24, 2.45) is 7.05 Å². The predicted octanol–water partition coefficient (Wildman–Crippen LogP) is 2.85. The fourth-order valence-electron chi connectivity index (χ4n) is 2.07. The Morgan fingerprint density at radius 3 is 2.81 bits per heavy atom. The first-order valence-electron chi connectivity index (χ1n) is 5.50. The molecule has 1 aromatic carbocycles. The van der Waals surface area contributed by atoms with Gasteiger partial charge in [-0.05, 0) is 18.7 Å². The van der Waals surface area contributed by atoms with Crippen molar-refractivity contribution in [1.29, 1.82) is 0 Å². The summed E-state index contributed by atoms with van der Waals surface area (Å²) in [5, 5.41) is 1.34. The molecule has 0 atom stereocenters. The Morgan fingerprint density at radius 2 is 2.06 bits per heavy atom. The average Bonchev–Trinajstić information content (AvgIpc) is 2.57. The van der Waals surface area contributed by atoms with Crippen LogP contribution in [0.25, 0.3) is 10.9 Å². The van der Waals surface area contributed by atoms with Crippen LogP contribution in [0.1, 0.15) is 5.56 Å². The fraction of sp³-hybridized carbons (Fsp3) is 0.385. The van der Waals surface area contributed by atoms with E-state index in [2.05, 4.69) is 54.0 Å². The number of aromatic nitrogens is 1. The molecule has 0 N–H and O–H groups in total. The molecule has 0 saturated carbocycles. The van der Waals surface area contributed by atoms with Crippen LogP contribution in [0.5, 0.6) is 0 Å². The maximum atomic E-state index is 5.74. The largest absolute Gasteiger partial charge is 0.350 e. The van der Waals surface area contributed by atoms with E-state index in [-0.39, 0.29) is 0 Å². The average molecular weight is 237 g/mol. The Balaban J connectivity index is 2.31. The zero-order valence-corrected chi connectivity index (χ0v) is 10.5. The summed E-state index contributed by atoms with van der Waals surface area (Å²) in [6, 6.07) is 8.50. The molecule has 0 fully saturated rings. The van der Waals surface area contributed by atoms with Crippen molar-refractivity contribution < 1.29 is 0 Å². The van der Waals surface area contributed by atoms with E-state index in [1.54, 1.807) is 0 Å². The van der Waals surface area contributed by atoms with Crippen molar-refractivity contribution in [2.45, 2.75) is 6.54 Å². The van der Waals surface area contributed by atoms with Crippen molar-refractivity contribution >= 4 is 22.5 Å². The molecule has 0 aliphatic heterocycles. The van der Waals surface area contributed by atoms with Crippen molar-refractivity contribution in [3.05, 3.63) is 36.0 Å². The van der Waals surface area contributed by atoms with Gasteiger partial charge in [-0.25, -0.2) is 0 Å². The maximum absolute atomic E-state index is 5.74. The van der Waals surface area contributed by atoms with Gasteiger partial charge in [0.15, 0.2) is 0 Å². The normalized spacial score (nSPS) is 11.5. The van der Waals surface area contributed by atoms with Gasteiger partial charge in [-0.3, -0.25) is 0 Å². The molecule has 2 nitrogen and oxygen atoms in total. The maximum Gasteiger partial charge on any atom is 0.0481 e. The number of halogens is 1. The Bertz CT molecular complexity index is 476. The van der Waals surface area contributed by atoms with Crippen LogP contribution < -0.4 is 0 Å².